The lowest BCUT2D eigenvalue weighted by molar-refractivity contribution is -0.132. The molecule has 7 nitrogen and oxygen atoms in total. The lowest BCUT2D eigenvalue weighted by atomic mass is 9.96. The normalized spacial score (nSPS) is 17.3. The number of para-hydroxylation sites is 2. The molecule has 7 heteroatoms. The number of aliphatic hydroxyl groups excluding tert-OH is 1. The number of rotatable bonds is 7. The molecule has 1 N–H and O–H groups in total. The molecule has 4 rings (SSSR count). The Bertz CT molecular complexity index is 1240. The number of carbonyl (C=O) groups excluding carboxylic acids is 2. The maximum absolute atomic E-state index is 13.3. The first-order valence-electron chi connectivity index (χ1n) is 11.0. The van der Waals surface area contributed by atoms with Gasteiger partial charge >= 0.3 is 0 Å². The third-order valence-electron chi connectivity index (χ3n) is 5.48. The molecule has 34 heavy (non-hydrogen) atoms. The van der Waals surface area contributed by atoms with E-state index in [0.717, 1.165) is 0 Å². The average molecular weight is 459 g/mol. The van der Waals surface area contributed by atoms with Gasteiger partial charge in [0, 0.05) is 18.0 Å². The molecule has 0 spiro atoms. The fourth-order valence-electron chi connectivity index (χ4n) is 3.91. The molecule has 1 aliphatic heterocycles. The lowest BCUT2D eigenvalue weighted by Gasteiger charge is -2.26. The highest BCUT2D eigenvalue weighted by Crippen LogP contribution is 2.44. The first kappa shape index (κ1) is 23.0. The topological polar surface area (TPSA) is 89.0 Å². The van der Waals surface area contributed by atoms with Crippen molar-refractivity contribution in [3.05, 3.63) is 89.8 Å². The summed E-state index contributed by atoms with van der Waals surface area (Å²) < 4.78 is 11.2. The Kier molecular flexibility index (Phi) is 6.63. The van der Waals surface area contributed by atoms with Crippen molar-refractivity contribution < 1.29 is 24.2 Å². The van der Waals surface area contributed by atoms with Gasteiger partial charge in [-0.25, -0.2) is 0 Å². The summed E-state index contributed by atoms with van der Waals surface area (Å²) in [6.07, 6.45) is 3.18. The Labute approximate surface area is 198 Å². The molecule has 0 radical (unpaired) electrons. The number of aliphatic hydroxyl groups is 1. The quantitative estimate of drug-likeness (QED) is 0.312. The summed E-state index contributed by atoms with van der Waals surface area (Å²) >= 11 is 0. The minimum absolute atomic E-state index is 0.0232. The van der Waals surface area contributed by atoms with Crippen LogP contribution in [0.15, 0.2) is 78.6 Å². The van der Waals surface area contributed by atoms with Crippen molar-refractivity contribution in [2.75, 3.05) is 18.6 Å². The van der Waals surface area contributed by atoms with E-state index >= 15 is 0 Å². The third kappa shape index (κ3) is 4.37. The number of Topliss-reactive ketones (excluding diaryl/α,β-unsaturated/α-hetero) is 1. The van der Waals surface area contributed by atoms with Crippen LogP contribution < -0.4 is 14.4 Å². The largest absolute Gasteiger partial charge is 0.507 e. The van der Waals surface area contributed by atoms with Gasteiger partial charge in [-0.3, -0.25) is 19.5 Å². The summed E-state index contributed by atoms with van der Waals surface area (Å²) in [5, 5.41) is 11.3. The number of anilines is 1. The molecule has 1 unspecified atom stereocenters. The zero-order chi connectivity index (χ0) is 24.2. The van der Waals surface area contributed by atoms with Crippen molar-refractivity contribution in [1.82, 2.24) is 4.98 Å². The summed E-state index contributed by atoms with van der Waals surface area (Å²) in [7, 11) is 1.50. The summed E-state index contributed by atoms with van der Waals surface area (Å²) in [5.41, 5.74) is 1.37. The van der Waals surface area contributed by atoms with E-state index in [1.807, 2.05) is 13.8 Å². The minimum atomic E-state index is -0.884. The van der Waals surface area contributed by atoms with Crippen molar-refractivity contribution in [3.8, 4) is 11.5 Å². The molecule has 2 aromatic carbocycles. The zero-order valence-electron chi connectivity index (χ0n) is 19.3. The number of pyridine rings is 1. The number of ether oxygens (including phenoxy) is 2. The van der Waals surface area contributed by atoms with E-state index in [2.05, 4.69) is 4.98 Å². The first-order valence-corrected chi connectivity index (χ1v) is 11.0. The molecule has 1 amide bonds. The fraction of sp³-hybridized carbons (Fsp3) is 0.222. The third-order valence-corrected chi connectivity index (χ3v) is 5.48. The molecule has 1 fully saturated rings. The summed E-state index contributed by atoms with van der Waals surface area (Å²) in [4.78, 5) is 32.1. The lowest BCUT2D eigenvalue weighted by Crippen LogP contribution is -2.29. The fourth-order valence-corrected chi connectivity index (χ4v) is 3.91. The van der Waals surface area contributed by atoms with Crippen LogP contribution in [-0.4, -0.2) is 35.5 Å². The van der Waals surface area contributed by atoms with E-state index in [1.165, 1.54) is 12.0 Å². The van der Waals surface area contributed by atoms with E-state index < -0.39 is 17.7 Å². The number of amides is 1. The van der Waals surface area contributed by atoms with Gasteiger partial charge in [-0.15, -0.1) is 0 Å². The van der Waals surface area contributed by atoms with Crippen LogP contribution in [0.5, 0.6) is 11.5 Å². The van der Waals surface area contributed by atoms with Gasteiger partial charge in [0.15, 0.2) is 0 Å². The van der Waals surface area contributed by atoms with Gasteiger partial charge in [-0.2, -0.15) is 0 Å². The molecular formula is C27H26N2O5. The molecule has 0 bridgehead atoms. The minimum Gasteiger partial charge on any atom is -0.507 e. The van der Waals surface area contributed by atoms with Crippen molar-refractivity contribution in [2.24, 2.45) is 5.92 Å². The Morgan fingerprint density at radius 1 is 1.09 bits per heavy atom. The highest BCUT2D eigenvalue weighted by atomic mass is 16.5. The van der Waals surface area contributed by atoms with Gasteiger partial charge in [0.25, 0.3) is 11.7 Å². The standard InChI is InChI=1S/C27H26N2O5/c1-17(2)16-34-20-10-6-8-18(14-20)25(30)23-24(19-9-7-13-28-15-19)29(27(32)26(23)31)21-11-4-5-12-22(21)33-3/h4-15,17,24,30H,16H2,1-3H3/b25-23-. The smallest absolute Gasteiger partial charge is 0.300 e. The van der Waals surface area contributed by atoms with Crippen molar-refractivity contribution in [1.29, 1.82) is 0 Å². The van der Waals surface area contributed by atoms with Gasteiger partial charge in [0.05, 0.1) is 31.0 Å². The van der Waals surface area contributed by atoms with Crippen LogP contribution in [0.4, 0.5) is 5.69 Å². The second kappa shape index (κ2) is 9.79. The van der Waals surface area contributed by atoms with Crippen LogP contribution in [0.25, 0.3) is 5.76 Å². The Morgan fingerprint density at radius 3 is 2.59 bits per heavy atom. The van der Waals surface area contributed by atoms with Crippen LogP contribution >= 0.6 is 0 Å². The van der Waals surface area contributed by atoms with E-state index in [0.29, 0.717) is 40.8 Å². The molecule has 174 valence electrons. The molecule has 2 heterocycles. The van der Waals surface area contributed by atoms with Crippen LogP contribution in [0.1, 0.15) is 31.0 Å². The number of hydrogen-bond donors (Lipinski definition) is 1. The van der Waals surface area contributed by atoms with Crippen molar-refractivity contribution in [2.45, 2.75) is 19.9 Å². The van der Waals surface area contributed by atoms with Gasteiger partial charge in [-0.1, -0.05) is 44.2 Å². The number of benzene rings is 2. The summed E-state index contributed by atoms with van der Waals surface area (Å²) in [5.74, 6) is -0.497. The number of aromatic nitrogens is 1. The SMILES string of the molecule is COc1ccccc1N1C(=O)C(=O)/C(=C(\O)c2cccc(OCC(C)C)c2)C1c1cccnc1. The molecule has 0 saturated carbocycles. The van der Waals surface area contributed by atoms with Crippen molar-refractivity contribution in [3.63, 3.8) is 0 Å². The van der Waals surface area contributed by atoms with Crippen LogP contribution in [0, 0.1) is 5.92 Å². The first-order chi connectivity index (χ1) is 16.4. The van der Waals surface area contributed by atoms with E-state index in [4.69, 9.17) is 9.47 Å². The van der Waals surface area contributed by atoms with Crippen molar-refractivity contribution >= 4 is 23.1 Å². The van der Waals surface area contributed by atoms with Gasteiger partial charge in [0.1, 0.15) is 17.3 Å². The molecule has 1 atom stereocenters. The van der Waals surface area contributed by atoms with E-state index in [-0.39, 0.29) is 11.3 Å². The molecule has 1 aromatic heterocycles. The summed E-state index contributed by atoms with van der Waals surface area (Å²) in [6, 6.07) is 16.4. The monoisotopic (exact) mass is 458 g/mol. The molecular weight excluding hydrogens is 432 g/mol. The number of nitrogens with zero attached hydrogens (tertiary/aromatic N) is 2. The van der Waals surface area contributed by atoms with Gasteiger partial charge in [0.2, 0.25) is 0 Å². The molecule has 1 saturated heterocycles. The second-order valence-corrected chi connectivity index (χ2v) is 8.36. The highest BCUT2D eigenvalue weighted by molar-refractivity contribution is 6.51. The number of methoxy groups -OCH3 is 1. The molecule has 0 aliphatic carbocycles. The van der Waals surface area contributed by atoms with Crippen LogP contribution in [0.3, 0.4) is 0 Å². The maximum Gasteiger partial charge on any atom is 0.300 e. The van der Waals surface area contributed by atoms with E-state index in [9.17, 15) is 14.7 Å². The second-order valence-electron chi connectivity index (χ2n) is 8.36. The summed E-state index contributed by atoms with van der Waals surface area (Å²) in [6.45, 7) is 4.59. The average Bonchev–Trinajstić information content (AvgIpc) is 3.13. The maximum atomic E-state index is 13.3. The zero-order valence-corrected chi connectivity index (χ0v) is 19.3. The predicted molar refractivity (Wildman–Crippen MR) is 129 cm³/mol. The predicted octanol–water partition coefficient (Wildman–Crippen LogP) is 4.75. The van der Waals surface area contributed by atoms with Gasteiger partial charge in [-0.05, 0) is 41.8 Å². The van der Waals surface area contributed by atoms with Gasteiger partial charge < -0.3 is 14.6 Å². The van der Waals surface area contributed by atoms with E-state index in [1.54, 1.807) is 73.1 Å². The molecule has 3 aromatic rings. The highest BCUT2D eigenvalue weighted by Gasteiger charge is 2.47. The van der Waals surface area contributed by atoms with Crippen LogP contribution in [0.2, 0.25) is 0 Å². The van der Waals surface area contributed by atoms with Crippen LogP contribution in [-0.2, 0) is 9.59 Å². The number of carbonyl (C=O) groups is 2. The number of ketones is 1. The molecule has 1 aliphatic rings. The Morgan fingerprint density at radius 2 is 1.88 bits per heavy atom. The Hall–Kier alpha value is -4.13. The number of hydrogen-bond acceptors (Lipinski definition) is 6. The Balaban J connectivity index is 1.87.